The van der Waals surface area contributed by atoms with E-state index in [2.05, 4.69) is 15.3 Å². The number of hydrogen-bond donors (Lipinski definition) is 1. The fraction of sp³-hybridized carbons (Fsp3) is 0.143. The number of amides is 1. The predicted octanol–water partition coefficient (Wildman–Crippen LogP) is 0.813. The third kappa shape index (κ3) is 2.90. The van der Waals surface area contributed by atoms with Gasteiger partial charge in [0.15, 0.2) is 5.69 Å². The maximum Gasteiger partial charge on any atom is 0.287 e. The lowest BCUT2D eigenvalue weighted by Crippen LogP contribution is -2.30. The first-order chi connectivity index (χ1) is 10.9. The minimum absolute atomic E-state index is 0.0403. The number of fused-ring (bicyclic) bond motifs is 1. The van der Waals surface area contributed by atoms with Crippen LogP contribution in [0.3, 0.4) is 0 Å². The van der Waals surface area contributed by atoms with Crippen LogP contribution >= 0.6 is 0 Å². The number of sulfonamides is 1. The molecule has 23 heavy (non-hydrogen) atoms. The Hall–Kier alpha value is -2.81. The summed E-state index contributed by atoms with van der Waals surface area (Å²) in [4.78, 5) is 16.0. The zero-order valence-electron chi connectivity index (χ0n) is 12.4. The maximum absolute atomic E-state index is 12.0. The molecule has 0 spiro atoms. The molecule has 0 aliphatic heterocycles. The first-order valence-corrected chi connectivity index (χ1v) is 8.53. The van der Waals surface area contributed by atoms with Gasteiger partial charge in [0.05, 0.1) is 17.6 Å². The molecule has 0 atom stereocenters. The summed E-state index contributed by atoms with van der Waals surface area (Å²) in [6.45, 7) is 1.65. The minimum Gasteiger partial charge on any atom is -0.266 e. The third-order valence-electron chi connectivity index (χ3n) is 3.27. The van der Waals surface area contributed by atoms with Crippen LogP contribution in [0.2, 0.25) is 0 Å². The van der Waals surface area contributed by atoms with Gasteiger partial charge in [0.2, 0.25) is 10.0 Å². The van der Waals surface area contributed by atoms with Crippen molar-refractivity contribution in [2.45, 2.75) is 6.92 Å². The van der Waals surface area contributed by atoms with Gasteiger partial charge in [-0.15, -0.1) is 5.10 Å². The van der Waals surface area contributed by atoms with Gasteiger partial charge in [-0.3, -0.25) is 9.78 Å². The molecular weight excluding hydrogens is 318 g/mol. The standard InChI is InChI=1S/C14H13N5O3S/c1-9-13(14(20)17-23(2,21)22)16-18-19(9)12-5-3-4-10-8-15-7-6-11(10)12/h3-8H,1-2H3,(H,17,20). The number of benzene rings is 1. The van der Waals surface area contributed by atoms with E-state index in [9.17, 15) is 13.2 Å². The maximum atomic E-state index is 12.0. The van der Waals surface area contributed by atoms with Crippen molar-refractivity contribution >= 4 is 26.7 Å². The van der Waals surface area contributed by atoms with Crippen LogP contribution < -0.4 is 4.72 Å². The summed E-state index contributed by atoms with van der Waals surface area (Å²) in [6.07, 6.45) is 4.29. The summed E-state index contributed by atoms with van der Waals surface area (Å²) in [5.41, 5.74) is 1.13. The summed E-state index contributed by atoms with van der Waals surface area (Å²) in [5.74, 6) is -0.807. The summed E-state index contributed by atoms with van der Waals surface area (Å²) in [5, 5.41) is 9.59. The molecular formula is C14H13N5O3S. The second kappa shape index (κ2) is 5.43. The van der Waals surface area contributed by atoms with Crippen molar-refractivity contribution in [2.75, 3.05) is 6.26 Å². The smallest absolute Gasteiger partial charge is 0.266 e. The Kier molecular flexibility index (Phi) is 3.57. The lowest BCUT2D eigenvalue weighted by atomic mass is 10.1. The zero-order chi connectivity index (χ0) is 16.6. The fourth-order valence-corrected chi connectivity index (χ4v) is 2.71. The third-order valence-corrected chi connectivity index (χ3v) is 3.83. The number of nitrogens with zero attached hydrogens (tertiary/aromatic N) is 4. The highest BCUT2D eigenvalue weighted by atomic mass is 32.2. The number of carbonyl (C=O) groups excluding carboxylic acids is 1. The number of carbonyl (C=O) groups is 1. The molecule has 0 aliphatic rings. The summed E-state index contributed by atoms with van der Waals surface area (Å²) in [6, 6.07) is 7.43. The van der Waals surface area contributed by atoms with Gasteiger partial charge in [0, 0.05) is 23.2 Å². The van der Waals surface area contributed by atoms with E-state index in [-0.39, 0.29) is 5.69 Å². The molecule has 9 heteroatoms. The molecule has 1 aromatic carbocycles. The highest BCUT2D eigenvalue weighted by Crippen LogP contribution is 2.22. The van der Waals surface area contributed by atoms with Crippen LogP contribution in [-0.4, -0.2) is 40.6 Å². The molecule has 0 unspecified atom stereocenters. The van der Waals surface area contributed by atoms with Crippen LogP contribution in [0.5, 0.6) is 0 Å². The average Bonchev–Trinajstić information content (AvgIpc) is 2.86. The lowest BCUT2D eigenvalue weighted by Gasteiger charge is -2.07. The van der Waals surface area contributed by atoms with Crippen LogP contribution in [0.25, 0.3) is 16.5 Å². The van der Waals surface area contributed by atoms with Crippen LogP contribution in [0, 0.1) is 6.92 Å². The van der Waals surface area contributed by atoms with E-state index < -0.39 is 15.9 Å². The van der Waals surface area contributed by atoms with Gasteiger partial charge in [-0.2, -0.15) is 0 Å². The van der Waals surface area contributed by atoms with Crippen molar-refractivity contribution in [3.05, 3.63) is 48.0 Å². The van der Waals surface area contributed by atoms with E-state index in [0.717, 1.165) is 22.7 Å². The van der Waals surface area contributed by atoms with Crippen LogP contribution in [0.1, 0.15) is 16.2 Å². The Labute approximate surface area is 132 Å². The van der Waals surface area contributed by atoms with E-state index in [0.29, 0.717) is 5.69 Å². The monoisotopic (exact) mass is 331 g/mol. The van der Waals surface area contributed by atoms with Gasteiger partial charge < -0.3 is 0 Å². The first-order valence-electron chi connectivity index (χ1n) is 6.64. The second-order valence-electron chi connectivity index (χ2n) is 5.01. The van der Waals surface area contributed by atoms with Crippen molar-refractivity contribution < 1.29 is 13.2 Å². The van der Waals surface area contributed by atoms with Crippen molar-refractivity contribution in [3.8, 4) is 5.69 Å². The van der Waals surface area contributed by atoms with E-state index >= 15 is 0 Å². The van der Waals surface area contributed by atoms with Gasteiger partial charge in [0.25, 0.3) is 5.91 Å². The Morgan fingerprint density at radius 3 is 2.78 bits per heavy atom. The summed E-state index contributed by atoms with van der Waals surface area (Å²) < 4.78 is 25.8. The first kappa shape index (κ1) is 15.1. The Balaban J connectivity index is 2.10. The summed E-state index contributed by atoms with van der Waals surface area (Å²) >= 11 is 0. The second-order valence-corrected chi connectivity index (χ2v) is 6.76. The Morgan fingerprint density at radius 1 is 1.26 bits per heavy atom. The average molecular weight is 331 g/mol. The molecule has 0 aliphatic carbocycles. The van der Waals surface area contributed by atoms with Crippen LogP contribution in [0.15, 0.2) is 36.7 Å². The molecule has 3 rings (SSSR count). The van der Waals surface area contributed by atoms with E-state index in [1.54, 1.807) is 19.3 Å². The van der Waals surface area contributed by atoms with Crippen molar-refractivity contribution in [2.24, 2.45) is 0 Å². The van der Waals surface area contributed by atoms with Crippen molar-refractivity contribution in [1.29, 1.82) is 0 Å². The molecule has 1 amide bonds. The molecule has 0 saturated heterocycles. The van der Waals surface area contributed by atoms with E-state index in [1.165, 1.54) is 4.68 Å². The number of pyridine rings is 1. The molecule has 118 valence electrons. The van der Waals surface area contributed by atoms with Gasteiger partial charge in [-0.05, 0) is 19.1 Å². The molecule has 2 aromatic heterocycles. The molecule has 3 aromatic rings. The molecule has 0 fully saturated rings. The molecule has 2 heterocycles. The molecule has 1 N–H and O–H groups in total. The molecule has 0 radical (unpaired) electrons. The fourth-order valence-electron chi connectivity index (χ4n) is 2.27. The number of hydrogen-bond acceptors (Lipinski definition) is 6. The predicted molar refractivity (Wildman–Crippen MR) is 83.7 cm³/mol. The van der Waals surface area contributed by atoms with Crippen LogP contribution in [0.4, 0.5) is 0 Å². The Morgan fingerprint density at radius 2 is 2.04 bits per heavy atom. The highest BCUT2D eigenvalue weighted by Gasteiger charge is 2.20. The number of nitrogens with one attached hydrogen (secondary N) is 1. The molecule has 8 nitrogen and oxygen atoms in total. The lowest BCUT2D eigenvalue weighted by molar-refractivity contribution is 0.0976. The molecule has 0 saturated carbocycles. The SMILES string of the molecule is Cc1c(C(=O)NS(C)(=O)=O)nnn1-c1cccc2cnccc12. The molecule has 0 bridgehead atoms. The Bertz CT molecular complexity index is 1000. The van der Waals surface area contributed by atoms with E-state index in [1.807, 2.05) is 29.0 Å². The normalized spacial score (nSPS) is 11.6. The van der Waals surface area contributed by atoms with E-state index in [4.69, 9.17) is 0 Å². The minimum atomic E-state index is -3.66. The van der Waals surface area contributed by atoms with Gasteiger partial charge in [0.1, 0.15) is 0 Å². The number of rotatable bonds is 3. The van der Waals surface area contributed by atoms with Crippen LogP contribution in [-0.2, 0) is 10.0 Å². The van der Waals surface area contributed by atoms with Crippen molar-refractivity contribution in [3.63, 3.8) is 0 Å². The zero-order valence-corrected chi connectivity index (χ0v) is 13.2. The largest absolute Gasteiger partial charge is 0.287 e. The number of aromatic nitrogens is 4. The highest BCUT2D eigenvalue weighted by molar-refractivity contribution is 7.89. The van der Waals surface area contributed by atoms with Gasteiger partial charge >= 0.3 is 0 Å². The van der Waals surface area contributed by atoms with Gasteiger partial charge in [-0.1, -0.05) is 17.3 Å². The van der Waals surface area contributed by atoms with Gasteiger partial charge in [-0.25, -0.2) is 17.8 Å². The quantitative estimate of drug-likeness (QED) is 0.761. The van der Waals surface area contributed by atoms with Crippen molar-refractivity contribution in [1.82, 2.24) is 24.7 Å². The topological polar surface area (TPSA) is 107 Å². The summed E-state index contributed by atoms with van der Waals surface area (Å²) in [7, 11) is -3.66.